The van der Waals surface area contributed by atoms with Crippen molar-refractivity contribution >= 4 is 27.4 Å². The van der Waals surface area contributed by atoms with E-state index in [1.54, 1.807) is 11.3 Å². The van der Waals surface area contributed by atoms with Crippen LogP contribution in [0, 0.1) is 6.92 Å². The second-order valence-electron chi connectivity index (χ2n) is 5.98. The molecule has 1 fully saturated rings. The number of anilines is 1. The molecule has 1 saturated heterocycles. The van der Waals surface area contributed by atoms with Gasteiger partial charge in [0, 0.05) is 53.7 Å². The van der Waals surface area contributed by atoms with Crippen molar-refractivity contribution < 1.29 is 0 Å². The van der Waals surface area contributed by atoms with Gasteiger partial charge in [-0.3, -0.25) is 0 Å². The van der Waals surface area contributed by atoms with Gasteiger partial charge in [-0.2, -0.15) is 0 Å². The van der Waals surface area contributed by atoms with Gasteiger partial charge in [-0.25, -0.2) is 4.98 Å². The fraction of sp³-hybridized carbons (Fsp3) is 0.353. The van der Waals surface area contributed by atoms with Crippen molar-refractivity contribution in [3.8, 4) is 11.3 Å². The number of benzene rings is 1. The monoisotopic (exact) mass is 312 g/mol. The lowest BCUT2D eigenvalue weighted by Gasteiger charge is -2.32. The minimum atomic E-state index is 1.07. The second-order valence-corrected chi connectivity index (χ2v) is 6.81. The lowest BCUT2D eigenvalue weighted by Crippen LogP contribution is -2.44. The van der Waals surface area contributed by atoms with Crippen molar-refractivity contribution in [3.63, 3.8) is 0 Å². The van der Waals surface area contributed by atoms with Crippen LogP contribution in [0.25, 0.3) is 22.2 Å². The van der Waals surface area contributed by atoms with Gasteiger partial charge in [-0.05, 0) is 20.0 Å². The van der Waals surface area contributed by atoms with Crippen molar-refractivity contribution in [2.75, 3.05) is 38.1 Å². The Balaban J connectivity index is 1.70. The second kappa shape index (κ2) is 5.41. The molecule has 0 bridgehead atoms. The highest BCUT2D eigenvalue weighted by Crippen LogP contribution is 2.34. The van der Waals surface area contributed by atoms with E-state index in [4.69, 9.17) is 4.98 Å². The molecule has 4 rings (SSSR count). The average molecular weight is 312 g/mol. The van der Waals surface area contributed by atoms with Crippen LogP contribution in [0.5, 0.6) is 0 Å². The predicted octanol–water partition coefficient (Wildman–Crippen LogP) is 3.35. The third-order valence-corrected chi connectivity index (χ3v) is 5.32. The number of H-pyrrole nitrogens is 1. The van der Waals surface area contributed by atoms with E-state index in [0.29, 0.717) is 0 Å². The molecule has 3 heterocycles. The Morgan fingerprint density at radius 1 is 1.14 bits per heavy atom. The Labute approximate surface area is 134 Å². The molecule has 3 aromatic rings. The molecule has 4 nitrogen and oxygen atoms in total. The summed E-state index contributed by atoms with van der Waals surface area (Å²) in [5.41, 5.74) is 4.71. The fourth-order valence-corrected chi connectivity index (χ4v) is 4.00. The highest BCUT2D eigenvalue weighted by atomic mass is 32.1. The zero-order chi connectivity index (χ0) is 15.1. The van der Waals surface area contributed by atoms with Crippen molar-refractivity contribution in [2.45, 2.75) is 6.92 Å². The van der Waals surface area contributed by atoms with Crippen LogP contribution in [0.2, 0.25) is 0 Å². The van der Waals surface area contributed by atoms with Gasteiger partial charge in [0.25, 0.3) is 0 Å². The Morgan fingerprint density at radius 2 is 1.91 bits per heavy atom. The minimum absolute atomic E-state index is 1.07. The van der Waals surface area contributed by atoms with Crippen LogP contribution in [0.3, 0.4) is 0 Å². The molecule has 2 aromatic heterocycles. The zero-order valence-electron chi connectivity index (χ0n) is 13.0. The first-order valence-corrected chi connectivity index (χ1v) is 8.57. The highest BCUT2D eigenvalue weighted by Gasteiger charge is 2.19. The first-order chi connectivity index (χ1) is 10.7. The highest BCUT2D eigenvalue weighted by molar-refractivity contribution is 7.14. The van der Waals surface area contributed by atoms with Gasteiger partial charge < -0.3 is 14.8 Å². The van der Waals surface area contributed by atoms with E-state index in [9.17, 15) is 0 Å². The molecule has 5 heteroatoms. The number of aromatic amines is 1. The number of thiazole rings is 1. The number of fused-ring (bicyclic) bond motifs is 1. The molecule has 0 unspecified atom stereocenters. The van der Waals surface area contributed by atoms with Crippen LogP contribution in [-0.4, -0.2) is 48.1 Å². The largest absolute Gasteiger partial charge is 0.358 e. The lowest BCUT2D eigenvalue weighted by molar-refractivity contribution is 0.313. The molecule has 1 N–H and O–H groups in total. The topological polar surface area (TPSA) is 35.2 Å². The third-order valence-electron chi connectivity index (χ3n) is 4.42. The maximum absolute atomic E-state index is 4.92. The Bertz CT molecular complexity index is 796. The number of piperazine rings is 1. The summed E-state index contributed by atoms with van der Waals surface area (Å²) in [5, 5.41) is 4.60. The van der Waals surface area contributed by atoms with Crippen molar-refractivity contribution in [2.24, 2.45) is 0 Å². The van der Waals surface area contributed by atoms with Gasteiger partial charge in [0.2, 0.25) is 0 Å². The van der Waals surface area contributed by atoms with Gasteiger partial charge in [-0.1, -0.05) is 18.2 Å². The summed E-state index contributed by atoms with van der Waals surface area (Å²) in [7, 11) is 2.18. The van der Waals surface area contributed by atoms with Crippen molar-refractivity contribution in [1.29, 1.82) is 0 Å². The fourth-order valence-electron chi connectivity index (χ4n) is 3.13. The quantitative estimate of drug-likeness (QED) is 0.788. The number of para-hydroxylation sites is 1. The third kappa shape index (κ3) is 2.30. The summed E-state index contributed by atoms with van der Waals surface area (Å²) >= 11 is 1.76. The molecule has 0 radical (unpaired) electrons. The van der Waals surface area contributed by atoms with Crippen LogP contribution >= 0.6 is 11.3 Å². The summed E-state index contributed by atoms with van der Waals surface area (Å²) in [6.45, 7) is 6.49. The number of nitrogens with one attached hydrogen (secondary N) is 1. The van der Waals surface area contributed by atoms with Crippen LogP contribution in [-0.2, 0) is 0 Å². The van der Waals surface area contributed by atoms with Crippen molar-refractivity contribution in [3.05, 3.63) is 35.3 Å². The summed E-state index contributed by atoms with van der Waals surface area (Å²) < 4.78 is 0. The van der Waals surface area contributed by atoms with E-state index < -0.39 is 0 Å². The van der Waals surface area contributed by atoms with E-state index in [0.717, 1.165) is 37.0 Å². The van der Waals surface area contributed by atoms with Gasteiger partial charge in [0.1, 0.15) is 0 Å². The molecule has 1 aromatic carbocycles. The van der Waals surface area contributed by atoms with Gasteiger partial charge in [0.15, 0.2) is 5.13 Å². The lowest BCUT2D eigenvalue weighted by atomic mass is 10.1. The van der Waals surface area contributed by atoms with Gasteiger partial charge in [0.05, 0.1) is 5.69 Å². The predicted molar refractivity (Wildman–Crippen MR) is 93.9 cm³/mol. The van der Waals surface area contributed by atoms with E-state index in [1.807, 2.05) is 0 Å². The zero-order valence-corrected chi connectivity index (χ0v) is 13.8. The summed E-state index contributed by atoms with van der Waals surface area (Å²) in [6.07, 6.45) is 0. The number of aryl methyl sites for hydroxylation is 1. The van der Waals surface area contributed by atoms with E-state index in [-0.39, 0.29) is 0 Å². The van der Waals surface area contributed by atoms with Crippen LogP contribution < -0.4 is 4.90 Å². The maximum atomic E-state index is 4.92. The Hall–Kier alpha value is -1.85. The smallest absolute Gasteiger partial charge is 0.185 e. The SMILES string of the molecule is Cc1[nH]c2ccccc2c1-c1csc(N2CCN(C)CC2)n1. The number of rotatable bonds is 2. The normalized spacial score (nSPS) is 16.5. The molecule has 0 amide bonds. The molecular weight excluding hydrogens is 292 g/mol. The summed E-state index contributed by atoms with van der Waals surface area (Å²) in [4.78, 5) is 13.2. The van der Waals surface area contributed by atoms with Crippen molar-refractivity contribution in [1.82, 2.24) is 14.9 Å². The van der Waals surface area contributed by atoms with Crippen LogP contribution in [0.15, 0.2) is 29.6 Å². The number of aromatic nitrogens is 2. The molecule has 114 valence electrons. The first kappa shape index (κ1) is 13.8. The van der Waals surface area contributed by atoms with Gasteiger partial charge in [-0.15, -0.1) is 11.3 Å². The average Bonchev–Trinajstić information content (AvgIpc) is 3.11. The molecule has 0 spiro atoms. The van der Waals surface area contributed by atoms with E-state index in [2.05, 4.69) is 58.4 Å². The maximum Gasteiger partial charge on any atom is 0.185 e. The standard InChI is InChI=1S/C17H20N4S/c1-12-16(13-5-3-4-6-14(13)18-12)15-11-22-17(19-15)21-9-7-20(2)8-10-21/h3-6,11,18H,7-10H2,1-2H3. The number of nitrogens with zero attached hydrogens (tertiary/aromatic N) is 3. The molecule has 0 aliphatic carbocycles. The molecule has 1 aliphatic heterocycles. The Morgan fingerprint density at radius 3 is 2.73 bits per heavy atom. The van der Waals surface area contributed by atoms with E-state index in [1.165, 1.54) is 22.2 Å². The molecule has 0 saturated carbocycles. The molecule has 0 atom stereocenters. The minimum Gasteiger partial charge on any atom is -0.358 e. The summed E-state index contributed by atoms with van der Waals surface area (Å²) in [5.74, 6) is 0. The van der Waals surface area contributed by atoms with Gasteiger partial charge >= 0.3 is 0 Å². The van der Waals surface area contributed by atoms with Crippen LogP contribution in [0.4, 0.5) is 5.13 Å². The summed E-state index contributed by atoms with van der Waals surface area (Å²) in [6, 6.07) is 8.45. The number of likely N-dealkylation sites (N-methyl/N-ethyl adjacent to an activating group) is 1. The first-order valence-electron chi connectivity index (χ1n) is 7.69. The van der Waals surface area contributed by atoms with Crippen LogP contribution in [0.1, 0.15) is 5.69 Å². The Kier molecular flexibility index (Phi) is 3.39. The molecular formula is C17H20N4S. The molecule has 22 heavy (non-hydrogen) atoms. The van der Waals surface area contributed by atoms with E-state index >= 15 is 0 Å². The molecule has 1 aliphatic rings. The number of hydrogen-bond acceptors (Lipinski definition) is 4. The number of hydrogen-bond donors (Lipinski definition) is 1.